The number of aryl methyl sites for hydroxylation is 1. The second-order valence-electron chi connectivity index (χ2n) is 11.2. The summed E-state index contributed by atoms with van der Waals surface area (Å²) < 4.78 is 6.93. The molecule has 5 rings (SSSR count). The number of pyridine rings is 1. The predicted molar refractivity (Wildman–Crippen MR) is 135 cm³/mol. The minimum absolute atomic E-state index is 0.00598. The summed E-state index contributed by atoms with van der Waals surface area (Å²) in [5, 5.41) is 2.86. The molecule has 184 valence electrons. The van der Waals surface area contributed by atoms with E-state index in [4.69, 9.17) is 9.72 Å². The van der Waals surface area contributed by atoms with Crippen LogP contribution in [0.3, 0.4) is 0 Å². The van der Waals surface area contributed by atoms with Gasteiger partial charge in [-0.2, -0.15) is 0 Å². The Labute approximate surface area is 205 Å². The van der Waals surface area contributed by atoms with Crippen molar-refractivity contribution in [1.82, 2.24) is 19.4 Å². The largest absolute Gasteiger partial charge is 0.375 e. The number of carbonyl (C=O) groups is 2. The first-order valence-electron chi connectivity index (χ1n) is 12.1. The molecule has 1 aromatic carbocycles. The zero-order valence-corrected chi connectivity index (χ0v) is 21.1. The van der Waals surface area contributed by atoms with E-state index >= 15 is 0 Å². The quantitative estimate of drug-likeness (QED) is 0.596. The lowest BCUT2D eigenvalue weighted by molar-refractivity contribution is -0.119. The van der Waals surface area contributed by atoms with Crippen LogP contribution in [0.2, 0.25) is 0 Å². The first-order valence-corrected chi connectivity index (χ1v) is 12.1. The van der Waals surface area contributed by atoms with Gasteiger partial charge in [-0.05, 0) is 54.4 Å². The van der Waals surface area contributed by atoms with E-state index in [-0.39, 0.29) is 35.3 Å². The molecule has 0 unspecified atom stereocenters. The Morgan fingerprint density at radius 1 is 1.17 bits per heavy atom. The van der Waals surface area contributed by atoms with Crippen molar-refractivity contribution in [3.63, 3.8) is 0 Å². The molecule has 8 nitrogen and oxygen atoms in total. The number of ether oxygens (including phenoxy) is 1. The minimum atomic E-state index is -0.276. The number of likely N-dealkylation sites (tertiary alicyclic amines) is 1. The highest BCUT2D eigenvalue weighted by Gasteiger charge is 2.51. The Hall–Kier alpha value is -3.26. The number of anilines is 1. The predicted octanol–water partition coefficient (Wildman–Crippen LogP) is 4.26. The summed E-state index contributed by atoms with van der Waals surface area (Å²) >= 11 is 0. The lowest BCUT2D eigenvalue weighted by atomic mass is 9.65. The zero-order chi connectivity index (χ0) is 25.0. The number of aromatic nitrogens is 3. The molecular weight excluding hydrogens is 442 g/mol. The van der Waals surface area contributed by atoms with Crippen LogP contribution in [0.25, 0.3) is 22.4 Å². The first-order chi connectivity index (χ1) is 16.6. The molecule has 3 aromatic rings. The fraction of sp³-hybridized carbons (Fsp3) is 0.481. The van der Waals surface area contributed by atoms with Crippen LogP contribution < -0.4 is 5.32 Å². The van der Waals surface area contributed by atoms with Crippen molar-refractivity contribution in [3.05, 3.63) is 42.2 Å². The molecule has 2 atom stereocenters. The van der Waals surface area contributed by atoms with Gasteiger partial charge in [0.1, 0.15) is 12.4 Å². The standard InChI is InChI=1S/C27H33N5O3/c1-26(2)12-19-13-27(3,15-26)16-32(19)25(34)20-10-18(29-22(33)14-35-5)11-21-23(20)31(4)24(30-21)17-6-8-28-9-7-17/h6-11,19H,12-16H2,1-5H3,(H,29,33)/t19-,27+/m1/s1. The lowest BCUT2D eigenvalue weighted by Crippen LogP contribution is -2.38. The van der Waals surface area contributed by atoms with Gasteiger partial charge in [0.25, 0.3) is 5.91 Å². The van der Waals surface area contributed by atoms with E-state index < -0.39 is 0 Å². The molecule has 8 heteroatoms. The average Bonchev–Trinajstić information content (AvgIpc) is 3.25. The summed E-state index contributed by atoms with van der Waals surface area (Å²) in [5.74, 6) is 0.459. The van der Waals surface area contributed by atoms with Gasteiger partial charge in [-0.25, -0.2) is 4.98 Å². The molecule has 2 aliphatic rings. The number of amides is 2. The second kappa shape index (κ2) is 8.45. The van der Waals surface area contributed by atoms with Gasteiger partial charge in [-0.15, -0.1) is 0 Å². The van der Waals surface area contributed by atoms with Crippen LogP contribution in [0, 0.1) is 10.8 Å². The van der Waals surface area contributed by atoms with Crippen LogP contribution in [-0.4, -0.2) is 57.6 Å². The van der Waals surface area contributed by atoms with Crippen LogP contribution in [0.15, 0.2) is 36.7 Å². The van der Waals surface area contributed by atoms with Gasteiger partial charge in [0.05, 0.1) is 16.6 Å². The molecule has 1 aliphatic carbocycles. The molecule has 1 N–H and O–H groups in total. The average molecular weight is 476 g/mol. The minimum Gasteiger partial charge on any atom is -0.375 e. The SMILES string of the molecule is COCC(=O)Nc1cc(C(=O)N2C[C@@]3(C)C[C@H]2CC(C)(C)C3)c2c(c1)nc(-c1ccncc1)n2C. The van der Waals surface area contributed by atoms with Crippen LogP contribution in [-0.2, 0) is 16.6 Å². The normalized spacial score (nSPS) is 23.0. The van der Waals surface area contributed by atoms with Gasteiger partial charge in [-0.3, -0.25) is 14.6 Å². The highest BCUT2D eigenvalue weighted by Crippen LogP contribution is 2.53. The van der Waals surface area contributed by atoms with E-state index in [2.05, 4.69) is 36.0 Å². The summed E-state index contributed by atoms with van der Waals surface area (Å²) in [6.07, 6.45) is 6.59. The molecule has 2 amide bonds. The van der Waals surface area contributed by atoms with Crippen LogP contribution >= 0.6 is 0 Å². The second-order valence-corrected chi connectivity index (χ2v) is 11.2. The fourth-order valence-corrected chi connectivity index (χ4v) is 6.53. The maximum Gasteiger partial charge on any atom is 0.256 e. The Bertz CT molecular complexity index is 1300. The van der Waals surface area contributed by atoms with Gasteiger partial charge in [-0.1, -0.05) is 20.8 Å². The number of hydrogen-bond donors (Lipinski definition) is 1. The Morgan fingerprint density at radius 2 is 1.91 bits per heavy atom. The molecule has 1 aliphatic heterocycles. The number of fused-ring (bicyclic) bond motifs is 3. The van der Waals surface area contributed by atoms with Crippen molar-refractivity contribution >= 4 is 28.5 Å². The third kappa shape index (κ3) is 4.31. The summed E-state index contributed by atoms with van der Waals surface area (Å²) in [4.78, 5) is 37.5. The van der Waals surface area contributed by atoms with Crippen molar-refractivity contribution in [2.45, 2.75) is 46.1 Å². The van der Waals surface area contributed by atoms with Gasteiger partial charge < -0.3 is 19.5 Å². The number of benzene rings is 1. The number of methoxy groups -OCH3 is 1. The van der Waals surface area contributed by atoms with Gasteiger partial charge in [0.15, 0.2) is 0 Å². The van der Waals surface area contributed by atoms with Crippen LogP contribution in [0.1, 0.15) is 50.4 Å². The van der Waals surface area contributed by atoms with E-state index in [1.165, 1.54) is 7.11 Å². The third-order valence-electron chi connectivity index (χ3n) is 7.37. The van der Waals surface area contributed by atoms with E-state index in [0.717, 1.165) is 42.7 Å². The summed E-state index contributed by atoms with van der Waals surface area (Å²) in [5.41, 5.74) is 3.76. The van der Waals surface area contributed by atoms with Crippen LogP contribution in [0.4, 0.5) is 5.69 Å². The Morgan fingerprint density at radius 3 is 2.63 bits per heavy atom. The number of imidazole rings is 1. The van der Waals surface area contributed by atoms with Gasteiger partial charge >= 0.3 is 0 Å². The number of hydrogen-bond acceptors (Lipinski definition) is 5. The monoisotopic (exact) mass is 475 g/mol. The number of carbonyl (C=O) groups excluding carboxylic acids is 2. The smallest absolute Gasteiger partial charge is 0.256 e. The fourth-order valence-electron chi connectivity index (χ4n) is 6.53. The maximum absolute atomic E-state index is 14.2. The molecule has 1 saturated heterocycles. The van der Waals surface area contributed by atoms with E-state index in [0.29, 0.717) is 16.8 Å². The third-order valence-corrected chi connectivity index (χ3v) is 7.37. The topological polar surface area (TPSA) is 89.3 Å². The number of nitrogens with one attached hydrogen (secondary N) is 1. The molecule has 0 spiro atoms. The van der Waals surface area contributed by atoms with Gasteiger partial charge in [0, 0.05) is 50.4 Å². The molecule has 2 fully saturated rings. The first kappa shape index (κ1) is 23.5. The van der Waals surface area contributed by atoms with Crippen molar-refractivity contribution in [2.24, 2.45) is 17.9 Å². The summed E-state index contributed by atoms with van der Waals surface area (Å²) in [6, 6.07) is 7.61. The van der Waals surface area contributed by atoms with E-state index in [1.54, 1.807) is 18.5 Å². The molecular formula is C27H33N5O3. The van der Waals surface area contributed by atoms with E-state index in [1.807, 2.05) is 29.8 Å². The molecule has 35 heavy (non-hydrogen) atoms. The highest BCUT2D eigenvalue weighted by molar-refractivity contribution is 6.08. The molecule has 3 heterocycles. The Balaban J connectivity index is 1.62. The summed E-state index contributed by atoms with van der Waals surface area (Å²) in [7, 11) is 3.41. The van der Waals surface area contributed by atoms with Gasteiger partial charge in [0.2, 0.25) is 5.91 Å². The highest BCUT2D eigenvalue weighted by atomic mass is 16.5. The summed E-state index contributed by atoms with van der Waals surface area (Å²) in [6.45, 7) is 7.59. The van der Waals surface area contributed by atoms with Crippen molar-refractivity contribution < 1.29 is 14.3 Å². The maximum atomic E-state index is 14.2. The molecule has 1 saturated carbocycles. The van der Waals surface area contributed by atoms with Crippen molar-refractivity contribution in [3.8, 4) is 11.4 Å². The Kier molecular flexibility index (Phi) is 5.67. The van der Waals surface area contributed by atoms with Crippen molar-refractivity contribution in [1.29, 1.82) is 0 Å². The number of nitrogens with zero attached hydrogens (tertiary/aromatic N) is 4. The number of rotatable bonds is 5. The zero-order valence-electron chi connectivity index (χ0n) is 21.1. The van der Waals surface area contributed by atoms with Crippen LogP contribution in [0.5, 0.6) is 0 Å². The van der Waals surface area contributed by atoms with Crippen molar-refractivity contribution in [2.75, 3.05) is 25.6 Å². The molecule has 0 radical (unpaired) electrons. The molecule has 2 aromatic heterocycles. The lowest BCUT2D eigenvalue weighted by Gasteiger charge is -2.39. The van der Waals surface area contributed by atoms with E-state index in [9.17, 15) is 9.59 Å². The molecule has 2 bridgehead atoms.